The molecule has 1 atom stereocenters. The number of nitrogens with one attached hydrogen (secondary N) is 1. The van der Waals surface area contributed by atoms with Gasteiger partial charge in [-0.25, -0.2) is 4.98 Å². The number of H-pyrrole nitrogens is 1. The number of benzene rings is 2. The van der Waals surface area contributed by atoms with Gasteiger partial charge in [-0.3, -0.25) is 10.1 Å². The van der Waals surface area contributed by atoms with Crippen LogP contribution in [0.25, 0.3) is 11.0 Å². The second-order valence-corrected chi connectivity index (χ2v) is 7.17. The van der Waals surface area contributed by atoms with Gasteiger partial charge in [0.05, 0.1) is 26.9 Å². The van der Waals surface area contributed by atoms with Gasteiger partial charge < -0.3 is 16.5 Å². The fourth-order valence-electron chi connectivity index (χ4n) is 3.02. The molecule has 2 aromatic carbocycles. The summed E-state index contributed by atoms with van der Waals surface area (Å²) in [4.78, 5) is 18.2. The Morgan fingerprint density at radius 1 is 1.30 bits per heavy atom. The summed E-state index contributed by atoms with van der Waals surface area (Å²) in [6.07, 6.45) is 0.761. The van der Waals surface area contributed by atoms with E-state index in [9.17, 15) is 10.1 Å². The maximum absolute atomic E-state index is 10.9. The van der Waals surface area contributed by atoms with E-state index in [0.717, 1.165) is 23.3 Å². The Hall–Kier alpha value is -3.40. The molecule has 0 aliphatic heterocycles. The van der Waals surface area contributed by atoms with Crippen molar-refractivity contribution in [3.05, 3.63) is 63.7 Å². The second-order valence-electron chi connectivity index (χ2n) is 5.98. The predicted molar refractivity (Wildman–Crippen MR) is 105 cm³/mol. The number of fused-ring (bicyclic) bond motifs is 2. The average Bonchev–Trinajstić information content (AvgIpc) is 3.19. The maximum atomic E-state index is 10.9. The molecule has 0 amide bonds. The zero-order valence-electron chi connectivity index (χ0n) is 14.0. The van der Waals surface area contributed by atoms with Crippen LogP contribution in [0.5, 0.6) is 0 Å². The molecule has 4 rings (SSSR count). The van der Waals surface area contributed by atoms with E-state index in [1.807, 2.05) is 24.3 Å². The summed E-state index contributed by atoms with van der Waals surface area (Å²) < 4.78 is 0. The van der Waals surface area contributed by atoms with Gasteiger partial charge in [-0.2, -0.15) is 5.10 Å². The molecule has 0 spiro atoms. The maximum Gasteiger partial charge on any atom is 0.271 e. The van der Waals surface area contributed by atoms with Crippen LogP contribution in [0.4, 0.5) is 5.69 Å². The number of rotatable bonds is 4. The fraction of sp³-hybridized carbons (Fsp3) is 0.118. The highest BCUT2D eigenvalue weighted by Crippen LogP contribution is 2.35. The highest BCUT2D eigenvalue weighted by atomic mass is 32.2. The summed E-state index contributed by atoms with van der Waals surface area (Å²) in [6, 6.07) is 12.5. The first kappa shape index (κ1) is 17.0. The van der Waals surface area contributed by atoms with E-state index in [1.54, 1.807) is 6.07 Å². The molecule has 5 N–H and O–H groups in total. The number of nitrogens with zero attached hydrogens (tertiary/aromatic N) is 4. The first-order valence-electron chi connectivity index (χ1n) is 8.07. The molecule has 3 aromatic rings. The molecule has 0 radical (unpaired) electrons. The van der Waals surface area contributed by atoms with Crippen molar-refractivity contribution in [2.24, 2.45) is 21.7 Å². The molecule has 1 aliphatic carbocycles. The number of nitro groups is 1. The van der Waals surface area contributed by atoms with Crippen molar-refractivity contribution in [2.75, 3.05) is 0 Å². The normalized spacial score (nSPS) is 17.2. The topological polar surface area (TPSA) is 149 Å². The molecule has 0 saturated heterocycles. The van der Waals surface area contributed by atoms with Gasteiger partial charge in [0.15, 0.2) is 5.16 Å². The quantitative estimate of drug-likeness (QED) is 0.273. The number of nitro benzene ring substituents is 1. The number of nitrogens with two attached hydrogens (primary N) is 2. The van der Waals surface area contributed by atoms with Crippen molar-refractivity contribution in [2.45, 2.75) is 16.8 Å². The molecule has 1 aliphatic rings. The van der Waals surface area contributed by atoms with Crippen LogP contribution in [0, 0.1) is 10.1 Å². The third-order valence-electron chi connectivity index (χ3n) is 4.19. The van der Waals surface area contributed by atoms with Gasteiger partial charge >= 0.3 is 0 Å². The lowest BCUT2D eigenvalue weighted by atomic mass is 10.1. The molecule has 1 heterocycles. The smallest absolute Gasteiger partial charge is 0.271 e. The molecule has 0 bridgehead atoms. The van der Waals surface area contributed by atoms with E-state index in [2.05, 4.69) is 20.2 Å². The lowest BCUT2D eigenvalue weighted by molar-refractivity contribution is -0.384. The molecular weight excluding hydrogens is 366 g/mol. The lowest BCUT2D eigenvalue weighted by Crippen LogP contribution is -2.22. The van der Waals surface area contributed by atoms with E-state index in [1.165, 1.54) is 23.9 Å². The van der Waals surface area contributed by atoms with Gasteiger partial charge in [-0.15, -0.1) is 5.10 Å². The Labute approximate surface area is 157 Å². The van der Waals surface area contributed by atoms with Crippen LogP contribution in [-0.2, 0) is 6.42 Å². The summed E-state index contributed by atoms with van der Waals surface area (Å²) in [6.45, 7) is 0. The van der Waals surface area contributed by atoms with Crippen LogP contribution in [0.15, 0.2) is 57.8 Å². The number of thioether (sulfide) groups is 1. The number of aromatic nitrogens is 2. The zero-order valence-corrected chi connectivity index (χ0v) is 14.8. The van der Waals surface area contributed by atoms with Gasteiger partial charge in [0.1, 0.15) is 0 Å². The fourth-order valence-corrected chi connectivity index (χ4v) is 4.16. The molecule has 1 unspecified atom stereocenters. The second kappa shape index (κ2) is 6.72. The standard InChI is InChI=1S/C17H15N7O2S/c18-16(19)23-22-15-11-4-2-1-3-9(11)7-14(15)27-17-20-12-6-5-10(24(25)26)8-13(12)21-17/h1-6,8,14H,7H2,(H,20,21)(H4,18,19,23)/b22-15+. The van der Waals surface area contributed by atoms with Crippen molar-refractivity contribution < 1.29 is 4.92 Å². The molecule has 27 heavy (non-hydrogen) atoms. The predicted octanol–water partition coefficient (Wildman–Crippen LogP) is 2.17. The third-order valence-corrected chi connectivity index (χ3v) is 5.28. The summed E-state index contributed by atoms with van der Waals surface area (Å²) in [5.74, 6) is -0.105. The monoisotopic (exact) mass is 381 g/mol. The summed E-state index contributed by atoms with van der Waals surface area (Å²) in [5.41, 5.74) is 15.1. The van der Waals surface area contributed by atoms with Gasteiger partial charge in [0, 0.05) is 17.7 Å². The van der Waals surface area contributed by atoms with Crippen LogP contribution in [0.2, 0.25) is 0 Å². The minimum absolute atomic E-state index is 0.0194. The highest BCUT2D eigenvalue weighted by molar-refractivity contribution is 8.00. The summed E-state index contributed by atoms with van der Waals surface area (Å²) in [5, 5.41) is 19.6. The number of guanidine groups is 1. The third kappa shape index (κ3) is 3.34. The van der Waals surface area contributed by atoms with E-state index >= 15 is 0 Å². The van der Waals surface area contributed by atoms with Crippen molar-refractivity contribution in [1.29, 1.82) is 0 Å². The van der Waals surface area contributed by atoms with E-state index in [4.69, 9.17) is 11.5 Å². The SMILES string of the molecule is NC(N)=N/N=C1\c2ccccc2CC1Sc1nc2ccc([N+](=O)[O-])cc2[nH]1. The van der Waals surface area contributed by atoms with Gasteiger partial charge in [0.2, 0.25) is 5.96 Å². The van der Waals surface area contributed by atoms with E-state index < -0.39 is 4.92 Å². The lowest BCUT2D eigenvalue weighted by Gasteiger charge is -2.07. The molecule has 136 valence electrons. The Bertz CT molecular complexity index is 1100. The van der Waals surface area contributed by atoms with Crippen molar-refractivity contribution in [3.8, 4) is 0 Å². The molecule has 0 saturated carbocycles. The Kier molecular flexibility index (Phi) is 4.24. The first-order valence-corrected chi connectivity index (χ1v) is 8.95. The Morgan fingerprint density at radius 3 is 2.89 bits per heavy atom. The molecule has 10 heteroatoms. The number of hydrogen-bond acceptors (Lipinski definition) is 6. The van der Waals surface area contributed by atoms with Crippen LogP contribution in [0.3, 0.4) is 0 Å². The highest BCUT2D eigenvalue weighted by Gasteiger charge is 2.30. The van der Waals surface area contributed by atoms with Crippen molar-refractivity contribution >= 4 is 40.2 Å². The number of non-ortho nitro benzene ring substituents is 1. The zero-order chi connectivity index (χ0) is 19.0. The number of imidazole rings is 1. The van der Waals surface area contributed by atoms with Crippen LogP contribution in [0.1, 0.15) is 11.1 Å². The van der Waals surface area contributed by atoms with Crippen LogP contribution < -0.4 is 11.5 Å². The number of hydrogen-bond donors (Lipinski definition) is 3. The van der Waals surface area contributed by atoms with Crippen molar-refractivity contribution in [3.63, 3.8) is 0 Å². The first-order chi connectivity index (χ1) is 13.0. The van der Waals surface area contributed by atoms with Crippen LogP contribution >= 0.6 is 11.8 Å². The largest absolute Gasteiger partial charge is 0.369 e. The summed E-state index contributed by atoms with van der Waals surface area (Å²) >= 11 is 1.49. The molecule has 9 nitrogen and oxygen atoms in total. The number of aromatic amines is 1. The molecule has 1 aromatic heterocycles. The van der Waals surface area contributed by atoms with E-state index in [0.29, 0.717) is 16.2 Å². The van der Waals surface area contributed by atoms with Gasteiger partial charge in [0.25, 0.3) is 5.69 Å². The van der Waals surface area contributed by atoms with E-state index in [-0.39, 0.29) is 16.9 Å². The Balaban J connectivity index is 1.67. The average molecular weight is 381 g/mol. The minimum Gasteiger partial charge on any atom is -0.369 e. The van der Waals surface area contributed by atoms with Gasteiger partial charge in [-0.1, -0.05) is 36.0 Å². The van der Waals surface area contributed by atoms with Crippen LogP contribution in [-0.4, -0.2) is 31.8 Å². The Morgan fingerprint density at radius 2 is 2.11 bits per heavy atom. The molecular formula is C17H15N7O2S. The van der Waals surface area contributed by atoms with Gasteiger partial charge in [-0.05, 0) is 18.1 Å². The summed E-state index contributed by atoms with van der Waals surface area (Å²) in [7, 11) is 0. The minimum atomic E-state index is -0.430. The molecule has 0 fully saturated rings. The van der Waals surface area contributed by atoms with Crippen molar-refractivity contribution in [1.82, 2.24) is 9.97 Å².